The molecule has 2 N–H and O–H groups in total. The van der Waals surface area contributed by atoms with E-state index in [1.54, 1.807) is 0 Å². The Bertz CT molecular complexity index is 605. The molecule has 0 aliphatic rings. The topological polar surface area (TPSA) is 46.3 Å². The summed E-state index contributed by atoms with van der Waals surface area (Å²) in [5, 5.41) is 0. The van der Waals surface area contributed by atoms with Crippen molar-refractivity contribution in [2.24, 2.45) is 5.73 Å². The third-order valence-corrected chi connectivity index (χ3v) is 3.55. The van der Waals surface area contributed by atoms with Gasteiger partial charge in [-0.25, -0.2) is 8.78 Å². The summed E-state index contributed by atoms with van der Waals surface area (Å²) in [7, 11) is 0. The van der Waals surface area contributed by atoms with E-state index in [4.69, 9.17) is 5.73 Å². The van der Waals surface area contributed by atoms with E-state index in [9.17, 15) is 13.6 Å². The lowest BCUT2D eigenvalue weighted by Gasteiger charge is -2.24. The Balaban J connectivity index is 2.04. The minimum absolute atomic E-state index is 0.00354. The van der Waals surface area contributed by atoms with Crippen molar-refractivity contribution in [3.05, 3.63) is 71.8 Å². The molecule has 2 aromatic carbocycles. The molecule has 1 unspecified atom stereocenters. The number of carbonyl (C=O) groups is 1. The van der Waals surface area contributed by atoms with Gasteiger partial charge < -0.3 is 10.6 Å². The van der Waals surface area contributed by atoms with Gasteiger partial charge in [0.2, 0.25) is 5.91 Å². The smallest absolute Gasteiger partial charge is 0.255 e. The van der Waals surface area contributed by atoms with Crippen molar-refractivity contribution in [1.29, 1.82) is 0 Å². The van der Waals surface area contributed by atoms with Crippen LogP contribution in [0.15, 0.2) is 60.7 Å². The Kier molecular flexibility index (Phi) is 6.23. The maximum Gasteiger partial charge on any atom is 0.255 e. The fourth-order valence-corrected chi connectivity index (χ4v) is 2.36. The van der Waals surface area contributed by atoms with Crippen LogP contribution in [-0.4, -0.2) is 23.8 Å². The molecule has 0 fully saturated rings. The zero-order valence-electron chi connectivity index (χ0n) is 12.7. The van der Waals surface area contributed by atoms with E-state index in [0.29, 0.717) is 0 Å². The average Bonchev–Trinajstić information content (AvgIpc) is 2.55. The molecule has 0 aliphatic heterocycles. The van der Waals surface area contributed by atoms with Crippen molar-refractivity contribution in [2.45, 2.75) is 25.4 Å². The zero-order chi connectivity index (χ0) is 16.7. The second kappa shape index (κ2) is 8.39. The van der Waals surface area contributed by atoms with Crippen LogP contribution in [-0.2, 0) is 11.3 Å². The minimum Gasteiger partial charge on any atom is -0.333 e. The van der Waals surface area contributed by atoms with Crippen molar-refractivity contribution in [3.63, 3.8) is 0 Å². The van der Waals surface area contributed by atoms with E-state index < -0.39 is 19.0 Å². The van der Waals surface area contributed by atoms with Crippen LogP contribution >= 0.6 is 0 Å². The van der Waals surface area contributed by atoms with E-state index in [0.717, 1.165) is 11.1 Å². The quantitative estimate of drug-likeness (QED) is 0.851. The minimum atomic E-state index is -2.57. The second-order valence-corrected chi connectivity index (χ2v) is 5.37. The molecular formula is C18H20F2N2O. The molecule has 23 heavy (non-hydrogen) atoms. The fraction of sp³-hybridized carbons (Fsp3) is 0.278. The first-order valence-electron chi connectivity index (χ1n) is 7.46. The number of hydrogen-bond acceptors (Lipinski definition) is 2. The van der Waals surface area contributed by atoms with E-state index in [1.807, 2.05) is 60.7 Å². The first kappa shape index (κ1) is 17.1. The van der Waals surface area contributed by atoms with Crippen LogP contribution in [0.4, 0.5) is 8.78 Å². The molecule has 122 valence electrons. The van der Waals surface area contributed by atoms with Gasteiger partial charge in [-0.2, -0.15) is 0 Å². The maximum absolute atomic E-state index is 12.8. The molecule has 2 aromatic rings. The summed E-state index contributed by atoms with van der Waals surface area (Å²) >= 11 is 0. The highest BCUT2D eigenvalue weighted by Crippen LogP contribution is 2.17. The van der Waals surface area contributed by atoms with Crippen LogP contribution in [0, 0.1) is 0 Å². The molecule has 0 aliphatic carbocycles. The van der Waals surface area contributed by atoms with Gasteiger partial charge >= 0.3 is 0 Å². The van der Waals surface area contributed by atoms with Crippen LogP contribution in [0.3, 0.4) is 0 Å². The third-order valence-electron chi connectivity index (χ3n) is 3.55. The van der Waals surface area contributed by atoms with E-state index in [2.05, 4.69) is 0 Å². The number of alkyl halides is 2. The van der Waals surface area contributed by atoms with Gasteiger partial charge in [0.05, 0.1) is 6.54 Å². The Morgan fingerprint density at radius 1 is 1.00 bits per heavy atom. The van der Waals surface area contributed by atoms with Gasteiger partial charge in [-0.3, -0.25) is 4.79 Å². The Morgan fingerprint density at radius 2 is 1.57 bits per heavy atom. The van der Waals surface area contributed by atoms with Gasteiger partial charge in [0, 0.05) is 19.0 Å². The van der Waals surface area contributed by atoms with Crippen molar-refractivity contribution in [2.75, 3.05) is 6.54 Å². The Hall–Kier alpha value is -2.27. The molecule has 0 bridgehead atoms. The summed E-state index contributed by atoms with van der Waals surface area (Å²) < 4.78 is 25.6. The zero-order valence-corrected chi connectivity index (χ0v) is 12.7. The van der Waals surface area contributed by atoms with Crippen LogP contribution < -0.4 is 5.73 Å². The maximum atomic E-state index is 12.8. The predicted molar refractivity (Wildman–Crippen MR) is 85.9 cm³/mol. The second-order valence-electron chi connectivity index (χ2n) is 5.37. The molecule has 0 aromatic heterocycles. The van der Waals surface area contributed by atoms with Crippen LogP contribution in [0.1, 0.15) is 23.6 Å². The van der Waals surface area contributed by atoms with E-state index >= 15 is 0 Å². The SMILES string of the molecule is NC(CC(=O)N(Cc1ccccc1)CC(F)F)c1ccccc1. The largest absolute Gasteiger partial charge is 0.333 e. The molecule has 0 saturated carbocycles. The lowest BCUT2D eigenvalue weighted by molar-refractivity contribution is -0.134. The number of halogens is 2. The predicted octanol–water partition coefficient (Wildman–Crippen LogP) is 3.37. The van der Waals surface area contributed by atoms with Gasteiger partial charge in [-0.05, 0) is 11.1 Å². The number of amides is 1. The van der Waals surface area contributed by atoms with Gasteiger partial charge in [0.1, 0.15) is 0 Å². The highest BCUT2D eigenvalue weighted by Gasteiger charge is 2.21. The van der Waals surface area contributed by atoms with Gasteiger partial charge in [0.25, 0.3) is 6.43 Å². The molecule has 5 heteroatoms. The molecule has 0 heterocycles. The lowest BCUT2D eigenvalue weighted by atomic mass is 10.0. The van der Waals surface area contributed by atoms with Gasteiger partial charge in [0.15, 0.2) is 0 Å². The summed E-state index contributed by atoms with van der Waals surface area (Å²) in [5.74, 6) is -0.370. The monoisotopic (exact) mass is 318 g/mol. The molecule has 1 atom stereocenters. The number of rotatable bonds is 7. The summed E-state index contributed by atoms with van der Waals surface area (Å²) in [5.41, 5.74) is 7.65. The summed E-state index contributed by atoms with van der Waals surface area (Å²) in [6.07, 6.45) is -2.57. The molecule has 1 amide bonds. The molecule has 2 rings (SSSR count). The Morgan fingerprint density at radius 3 is 2.13 bits per heavy atom. The molecule has 0 saturated heterocycles. The normalized spacial score (nSPS) is 12.2. The fourth-order valence-electron chi connectivity index (χ4n) is 2.36. The van der Waals surface area contributed by atoms with E-state index in [1.165, 1.54) is 4.90 Å². The van der Waals surface area contributed by atoms with Crippen molar-refractivity contribution in [3.8, 4) is 0 Å². The number of nitrogens with two attached hydrogens (primary N) is 1. The summed E-state index contributed by atoms with van der Waals surface area (Å²) in [6.45, 7) is -0.430. The van der Waals surface area contributed by atoms with Crippen molar-refractivity contribution >= 4 is 5.91 Å². The first-order valence-corrected chi connectivity index (χ1v) is 7.46. The highest BCUT2D eigenvalue weighted by atomic mass is 19.3. The molecule has 0 spiro atoms. The van der Waals surface area contributed by atoms with Crippen LogP contribution in [0.2, 0.25) is 0 Å². The average molecular weight is 318 g/mol. The first-order chi connectivity index (χ1) is 11.1. The van der Waals surface area contributed by atoms with Gasteiger partial charge in [-0.1, -0.05) is 60.7 Å². The Labute approximate surface area is 134 Å². The summed E-state index contributed by atoms with van der Waals surface area (Å²) in [6, 6.07) is 17.8. The standard InChI is InChI=1S/C18H20F2N2O/c19-17(20)13-22(12-14-7-3-1-4-8-14)18(23)11-16(21)15-9-5-2-6-10-15/h1-10,16-17H,11-13,21H2. The highest BCUT2D eigenvalue weighted by molar-refractivity contribution is 5.77. The van der Waals surface area contributed by atoms with Crippen molar-refractivity contribution < 1.29 is 13.6 Å². The van der Waals surface area contributed by atoms with Crippen LogP contribution in [0.5, 0.6) is 0 Å². The number of nitrogens with zero attached hydrogens (tertiary/aromatic N) is 1. The third kappa shape index (κ3) is 5.45. The lowest BCUT2D eigenvalue weighted by Crippen LogP contribution is -2.36. The number of hydrogen-bond donors (Lipinski definition) is 1. The molecule has 0 radical (unpaired) electrons. The number of carbonyl (C=O) groups excluding carboxylic acids is 1. The van der Waals surface area contributed by atoms with Crippen molar-refractivity contribution in [1.82, 2.24) is 4.90 Å². The van der Waals surface area contributed by atoms with E-state index in [-0.39, 0.29) is 18.9 Å². The van der Waals surface area contributed by atoms with Gasteiger partial charge in [-0.15, -0.1) is 0 Å². The summed E-state index contributed by atoms with van der Waals surface area (Å²) in [4.78, 5) is 13.5. The molecular weight excluding hydrogens is 298 g/mol. The number of benzene rings is 2. The molecule has 3 nitrogen and oxygen atoms in total. The van der Waals surface area contributed by atoms with Crippen LogP contribution in [0.25, 0.3) is 0 Å².